The first-order chi connectivity index (χ1) is 8.47. The lowest BCUT2D eigenvalue weighted by atomic mass is 10.1. The Morgan fingerprint density at radius 1 is 1.33 bits per heavy atom. The molecule has 0 aliphatic carbocycles. The third-order valence-electron chi connectivity index (χ3n) is 2.81. The molecule has 0 atom stereocenters. The number of hydrogen-bond acceptors (Lipinski definition) is 3. The van der Waals surface area contributed by atoms with E-state index < -0.39 is 0 Å². The normalized spacial score (nSPS) is 10.7. The van der Waals surface area contributed by atoms with E-state index in [9.17, 15) is 4.79 Å². The van der Waals surface area contributed by atoms with Gasteiger partial charge in [-0.25, -0.2) is 4.98 Å². The van der Waals surface area contributed by atoms with Crippen molar-refractivity contribution in [3.63, 3.8) is 0 Å². The molecule has 2 nitrogen and oxygen atoms in total. The van der Waals surface area contributed by atoms with E-state index in [2.05, 4.69) is 4.98 Å². The van der Waals surface area contributed by atoms with Gasteiger partial charge in [-0.3, -0.25) is 4.79 Å². The van der Waals surface area contributed by atoms with Crippen molar-refractivity contribution in [1.82, 2.24) is 4.98 Å². The largest absolute Gasteiger partial charge is 0.294 e. The summed E-state index contributed by atoms with van der Waals surface area (Å²) in [5, 5.41) is 1.37. The van der Waals surface area contributed by atoms with Gasteiger partial charge in [-0.15, -0.1) is 11.3 Å². The number of aromatic nitrogens is 1. The van der Waals surface area contributed by atoms with E-state index >= 15 is 0 Å². The minimum atomic E-state index is 0.0220. The van der Waals surface area contributed by atoms with Crippen LogP contribution in [0.3, 0.4) is 0 Å². The highest BCUT2D eigenvalue weighted by molar-refractivity contribution is 7.11. The van der Waals surface area contributed by atoms with E-state index in [1.807, 2.05) is 32.9 Å². The van der Waals surface area contributed by atoms with E-state index in [0.29, 0.717) is 17.0 Å². The van der Waals surface area contributed by atoms with Gasteiger partial charge in [0, 0.05) is 10.4 Å². The predicted molar refractivity (Wildman–Crippen MR) is 75.8 cm³/mol. The van der Waals surface area contributed by atoms with Gasteiger partial charge in [0.25, 0.3) is 0 Å². The SMILES string of the molecule is Cc1ccc(C(=O)Cc2nc(C)c(C)s2)c(Cl)c1. The first-order valence-corrected chi connectivity index (χ1v) is 6.89. The number of aryl methyl sites for hydroxylation is 3. The summed E-state index contributed by atoms with van der Waals surface area (Å²) in [6.45, 7) is 5.92. The third-order valence-corrected chi connectivity index (χ3v) is 4.20. The number of halogens is 1. The molecule has 0 radical (unpaired) electrons. The lowest BCUT2D eigenvalue weighted by Crippen LogP contribution is -2.04. The van der Waals surface area contributed by atoms with E-state index in [1.165, 1.54) is 0 Å². The number of ketones is 1. The van der Waals surface area contributed by atoms with E-state index in [-0.39, 0.29) is 5.78 Å². The zero-order valence-corrected chi connectivity index (χ0v) is 12.2. The Labute approximate surface area is 116 Å². The van der Waals surface area contributed by atoms with Crippen molar-refractivity contribution in [1.29, 1.82) is 0 Å². The smallest absolute Gasteiger partial charge is 0.171 e. The Morgan fingerprint density at radius 3 is 2.61 bits per heavy atom. The Hall–Kier alpha value is -1.19. The summed E-state index contributed by atoms with van der Waals surface area (Å²) in [6, 6.07) is 5.50. The standard InChI is InChI=1S/C14H14ClNOS/c1-8-4-5-11(12(15)6-8)13(17)7-14-16-9(2)10(3)18-14/h4-6H,7H2,1-3H3. The van der Waals surface area contributed by atoms with Gasteiger partial charge < -0.3 is 0 Å². The second-order valence-electron chi connectivity index (χ2n) is 4.33. The van der Waals surface area contributed by atoms with Crippen LogP contribution in [-0.2, 0) is 6.42 Å². The summed E-state index contributed by atoms with van der Waals surface area (Å²) in [5.74, 6) is 0.0220. The fraction of sp³-hybridized carbons (Fsp3) is 0.286. The van der Waals surface area contributed by atoms with Gasteiger partial charge in [0.1, 0.15) is 5.01 Å². The molecule has 0 saturated heterocycles. The van der Waals surface area contributed by atoms with Crippen LogP contribution in [0.5, 0.6) is 0 Å². The lowest BCUT2D eigenvalue weighted by molar-refractivity contribution is 0.0993. The van der Waals surface area contributed by atoms with E-state index in [0.717, 1.165) is 21.1 Å². The molecule has 1 heterocycles. The van der Waals surface area contributed by atoms with Gasteiger partial charge in [-0.1, -0.05) is 17.7 Å². The van der Waals surface area contributed by atoms with Gasteiger partial charge in [0.05, 0.1) is 17.1 Å². The molecular formula is C14H14ClNOS. The third kappa shape index (κ3) is 2.79. The number of thiazole rings is 1. The lowest BCUT2D eigenvalue weighted by Gasteiger charge is -2.03. The van der Waals surface area contributed by atoms with Crippen LogP contribution in [0.1, 0.15) is 31.5 Å². The van der Waals surface area contributed by atoms with Crippen LogP contribution in [0.4, 0.5) is 0 Å². The van der Waals surface area contributed by atoms with Gasteiger partial charge in [-0.05, 0) is 38.5 Å². The average Bonchev–Trinajstić information content (AvgIpc) is 2.57. The van der Waals surface area contributed by atoms with Crippen molar-refractivity contribution in [3.05, 3.63) is 49.9 Å². The molecule has 1 aromatic carbocycles. The highest BCUT2D eigenvalue weighted by Gasteiger charge is 2.14. The van der Waals surface area contributed by atoms with Crippen LogP contribution >= 0.6 is 22.9 Å². The summed E-state index contributed by atoms with van der Waals surface area (Å²) >= 11 is 7.66. The summed E-state index contributed by atoms with van der Waals surface area (Å²) in [5.41, 5.74) is 2.63. The van der Waals surface area contributed by atoms with Crippen LogP contribution in [0.2, 0.25) is 5.02 Å². The van der Waals surface area contributed by atoms with Crippen LogP contribution in [-0.4, -0.2) is 10.8 Å². The number of Topliss-reactive ketones (excluding diaryl/α,β-unsaturated/α-hetero) is 1. The first-order valence-electron chi connectivity index (χ1n) is 5.69. The molecule has 0 bridgehead atoms. The number of hydrogen-bond donors (Lipinski definition) is 0. The number of benzene rings is 1. The first kappa shape index (κ1) is 13.2. The molecule has 4 heteroatoms. The highest BCUT2D eigenvalue weighted by Crippen LogP contribution is 2.22. The van der Waals surface area contributed by atoms with Crippen molar-refractivity contribution >= 4 is 28.7 Å². The second kappa shape index (κ2) is 5.21. The second-order valence-corrected chi connectivity index (χ2v) is 6.03. The van der Waals surface area contributed by atoms with Gasteiger partial charge in [-0.2, -0.15) is 0 Å². The molecule has 0 saturated carbocycles. The minimum absolute atomic E-state index is 0.0220. The zero-order chi connectivity index (χ0) is 13.3. The summed E-state index contributed by atoms with van der Waals surface area (Å²) in [7, 11) is 0. The molecule has 2 aromatic rings. The number of carbonyl (C=O) groups is 1. The Kier molecular flexibility index (Phi) is 3.83. The average molecular weight is 280 g/mol. The summed E-state index contributed by atoms with van der Waals surface area (Å²) in [6.07, 6.45) is 0.322. The fourth-order valence-electron chi connectivity index (χ4n) is 1.69. The maximum absolute atomic E-state index is 12.1. The van der Waals surface area contributed by atoms with Gasteiger partial charge in [0.2, 0.25) is 0 Å². The van der Waals surface area contributed by atoms with Gasteiger partial charge >= 0.3 is 0 Å². The summed E-state index contributed by atoms with van der Waals surface area (Å²) < 4.78 is 0. The van der Waals surface area contributed by atoms with E-state index in [1.54, 1.807) is 17.4 Å². The van der Waals surface area contributed by atoms with Crippen LogP contribution in [0.25, 0.3) is 0 Å². The molecule has 0 aliphatic rings. The van der Waals surface area contributed by atoms with E-state index in [4.69, 9.17) is 11.6 Å². The highest BCUT2D eigenvalue weighted by atomic mass is 35.5. The zero-order valence-electron chi connectivity index (χ0n) is 10.6. The van der Waals surface area contributed by atoms with Crippen molar-refractivity contribution in [3.8, 4) is 0 Å². The van der Waals surface area contributed by atoms with Gasteiger partial charge in [0.15, 0.2) is 5.78 Å². The number of carbonyl (C=O) groups excluding carboxylic acids is 1. The quantitative estimate of drug-likeness (QED) is 0.790. The Morgan fingerprint density at radius 2 is 2.06 bits per heavy atom. The molecular weight excluding hydrogens is 266 g/mol. The van der Waals surface area contributed by atoms with Crippen LogP contribution in [0, 0.1) is 20.8 Å². The maximum Gasteiger partial charge on any atom is 0.171 e. The van der Waals surface area contributed by atoms with Crippen molar-refractivity contribution in [2.45, 2.75) is 27.2 Å². The minimum Gasteiger partial charge on any atom is -0.294 e. The monoisotopic (exact) mass is 279 g/mol. The Bertz CT molecular complexity index is 584. The summed E-state index contributed by atoms with van der Waals surface area (Å²) in [4.78, 5) is 17.7. The fourth-order valence-corrected chi connectivity index (χ4v) is 2.97. The van der Waals surface area contributed by atoms with Crippen LogP contribution in [0.15, 0.2) is 18.2 Å². The van der Waals surface area contributed by atoms with Crippen molar-refractivity contribution < 1.29 is 4.79 Å². The molecule has 0 N–H and O–H groups in total. The molecule has 0 unspecified atom stereocenters. The maximum atomic E-state index is 12.1. The predicted octanol–water partition coefficient (Wildman–Crippen LogP) is 4.15. The molecule has 1 aromatic heterocycles. The number of rotatable bonds is 3. The van der Waals surface area contributed by atoms with Crippen LogP contribution < -0.4 is 0 Å². The molecule has 2 rings (SSSR count). The molecule has 94 valence electrons. The molecule has 0 fully saturated rings. The molecule has 0 spiro atoms. The van der Waals surface area contributed by atoms with Crippen molar-refractivity contribution in [2.75, 3.05) is 0 Å². The Balaban J connectivity index is 2.22. The topological polar surface area (TPSA) is 30.0 Å². The molecule has 0 amide bonds. The van der Waals surface area contributed by atoms with Crippen molar-refractivity contribution in [2.24, 2.45) is 0 Å². The molecule has 0 aliphatic heterocycles. The number of nitrogens with zero attached hydrogens (tertiary/aromatic N) is 1. The molecule has 18 heavy (non-hydrogen) atoms.